The summed E-state index contributed by atoms with van der Waals surface area (Å²) in [6.07, 6.45) is -0.256. The third-order valence-corrected chi connectivity index (χ3v) is 1.53. The van der Waals surface area contributed by atoms with E-state index < -0.39 is 5.97 Å². The van der Waals surface area contributed by atoms with Crippen LogP contribution < -0.4 is 5.73 Å². The van der Waals surface area contributed by atoms with Gasteiger partial charge in [0, 0.05) is 0 Å². The molecule has 1 aromatic carbocycles. The molecule has 0 aliphatic heterocycles. The maximum absolute atomic E-state index is 10.2. The number of aromatic hydroxyl groups is 1. The van der Waals surface area contributed by atoms with Crippen LogP contribution in [0.2, 0.25) is 0 Å². The van der Waals surface area contributed by atoms with Crippen molar-refractivity contribution in [3.05, 3.63) is 23.8 Å². The smallest absolute Gasteiger partial charge is 0.315 e. The van der Waals surface area contributed by atoms with Gasteiger partial charge in [-0.25, -0.2) is 0 Å². The molecule has 0 radical (unpaired) electrons. The molecule has 0 heterocycles. The zero-order valence-electron chi connectivity index (χ0n) is 7.32. The topological polar surface area (TPSA) is 83.6 Å². The van der Waals surface area contributed by atoms with E-state index in [1.54, 1.807) is 12.1 Å². The summed E-state index contributed by atoms with van der Waals surface area (Å²) >= 11 is 0. The average molecular weight is 191 g/mol. The Balaban J connectivity index is 2.90. The molecule has 1 rings (SSSR count). The highest BCUT2D eigenvalue weighted by molar-refractivity contribution is 5.70. The molecule has 72 valence electrons. The molecule has 0 amide bonds. The molecule has 0 spiro atoms. The van der Waals surface area contributed by atoms with Crippen molar-refractivity contribution >= 4 is 11.7 Å². The van der Waals surface area contributed by atoms with Crippen LogP contribution in [0.4, 0.5) is 5.69 Å². The van der Waals surface area contributed by atoms with Gasteiger partial charge in [0.15, 0.2) is 5.75 Å². The number of nitrogens with two attached hydrogens (primary N) is 1. The van der Waals surface area contributed by atoms with Gasteiger partial charge in [-0.1, -0.05) is 17.9 Å². The molecule has 0 aromatic heterocycles. The quantitative estimate of drug-likeness (QED) is 0.348. The number of benzene rings is 1. The van der Waals surface area contributed by atoms with Gasteiger partial charge in [-0.15, -0.1) is 0 Å². The van der Waals surface area contributed by atoms with E-state index in [0.29, 0.717) is 5.56 Å². The molecular weight excluding hydrogens is 182 g/mol. The third kappa shape index (κ3) is 2.42. The van der Waals surface area contributed by atoms with Gasteiger partial charge >= 0.3 is 5.97 Å². The average Bonchev–Trinajstić information content (AvgIpc) is 2.12. The number of para-hydroxylation sites is 1. The Morgan fingerprint density at radius 3 is 2.86 bits per heavy atom. The van der Waals surface area contributed by atoms with Crippen LogP contribution in [0.3, 0.4) is 0 Å². The summed E-state index contributed by atoms with van der Waals surface area (Å²) in [5.74, 6) is 3.82. The normalized spacial score (nSPS) is 8.86. The van der Waals surface area contributed by atoms with Crippen LogP contribution in [0, 0.1) is 11.8 Å². The molecule has 1 aromatic rings. The first-order chi connectivity index (χ1) is 6.61. The van der Waals surface area contributed by atoms with Crippen molar-refractivity contribution in [3.63, 3.8) is 0 Å². The highest BCUT2D eigenvalue weighted by Gasteiger charge is 2.00. The van der Waals surface area contributed by atoms with Crippen LogP contribution >= 0.6 is 0 Å². The minimum Gasteiger partial charge on any atom is -0.505 e. The van der Waals surface area contributed by atoms with Crippen LogP contribution in [0.15, 0.2) is 18.2 Å². The number of nitrogen functional groups attached to an aromatic ring is 1. The number of hydrogen-bond acceptors (Lipinski definition) is 3. The standard InChI is InChI=1S/C10H9NO3/c11-8-5-1-3-7(10(8)14)4-2-6-9(12)13/h1,3,5,14H,6,11H2,(H,12,13). The first kappa shape index (κ1) is 9.93. The maximum Gasteiger partial charge on any atom is 0.315 e. The molecule has 0 unspecified atom stereocenters. The van der Waals surface area contributed by atoms with Gasteiger partial charge in [0.1, 0.15) is 6.42 Å². The molecular formula is C10H9NO3. The number of carboxylic acids is 1. The number of anilines is 1. The van der Waals surface area contributed by atoms with Crippen LogP contribution in [0.1, 0.15) is 12.0 Å². The van der Waals surface area contributed by atoms with Crippen molar-refractivity contribution in [2.45, 2.75) is 6.42 Å². The van der Waals surface area contributed by atoms with E-state index >= 15 is 0 Å². The summed E-state index contributed by atoms with van der Waals surface area (Å²) in [4.78, 5) is 10.2. The summed E-state index contributed by atoms with van der Waals surface area (Å²) in [5, 5.41) is 17.7. The second-order valence-corrected chi connectivity index (χ2v) is 2.62. The Bertz CT molecular complexity index is 415. The number of rotatable bonds is 1. The van der Waals surface area contributed by atoms with Gasteiger partial charge in [-0.3, -0.25) is 4.79 Å². The number of carboxylic acid groups (broad SMARTS) is 1. The number of carbonyl (C=O) groups is 1. The largest absolute Gasteiger partial charge is 0.505 e. The molecule has 4 N–H and O–H groups in total. The van der Waals surface area contributed by atoms with Crippen molar-refractivity contribution in [1.82, 2.24) is 0 Å². The molecule has 0 atom stereocenters. The minimum absolute atomic E-state index is 0.106. The van der Waals surface area contributed by atoms with E-state index in [9.17, 15) is 9.90 Å². The van der Waals surface area contributed by atoms with Crippen molar-refractivity contribution in [3.8, 4) is 17.6 Å². The fraction of sp³-hybridized carbons (Fsp3) is 0.100. The first-order valence-electron chi connectivity index (χ1n) is 3.89. The van der Waals surface area contributed by atoms with Gasteiger partial charge in [-0.05, 0) is 12.1 Å². The summed E-state index contributed by atoms with van der Waals surface area (Å²) in [6.45, 7) is 0. The maximum atomic E-state index is 10.2. The van der Waals surface area contributed by atoms with E-state index in [-0.39, 0.29) is 17.9 Å². The highest BCUT2D eigenvalue weighted by Crippen LogP contribution is 2.23. The lowest BCUT2D eigenvalue weighted by Crippen LogP contribution is -1.91. The summed E-state index contributed by atoms with van der Waals surface area (Å²) in [6, 6.07) is 4.75. The molecule has 0 bridgehead atoms. The molecule has 4 nitrogen and oxygen atoms in total. The summed E-state index contributed by atoms with van der Waals surface area (Å²) in [5.41, 5.74) is 5.99. The molecule has 0 aliphatic carbocycles. The van der Waals surface area contributed by atoms with Gasteiger partial charge in [0.25, 0.3) is 0 Å². The third-order valence-electron chi connectivity index (χ3n) is 1.53. The van der Waals surface area contributed by atoms with E-state index in [1.165, 1.54) is 6.07 Å². The Morgan fingerprint density at radius 1 is 1.50 bits per heavy atom. The predicted octanol–water partition coefficient (Wildman–Crippen LogP) is 0.801. The number of aliphatic carboxylic acids is 1. The number of hydrogen-bond donors (Lipinski definition) is 3. The Hall–Kier alpha value is -2.15. The van der Waals surface area contributed by atoms with Gasteiger partial charge in [0.05, 0.1) is 11.3 Å². The van der Waals surface area contributed by atoms with E-state index in [0.717, 1.165) is 0 Å². The van der Waals surface area contributed by atoms with Crippen molar-refractivity contribution in [2.24, 2.45) is 0 Å². The summed E-state index contributed by atoms with van der Waals surface area (Å²) < 4.78 is 0. The van der Waals surface area contributed by atoms with Gasteiger partial charge in [0.2, 0.25) is 0 Å². The Morgan fingerprint density at radius 2 is 2.21 bits per heavy atom. The lowest BCUT2D eigenvalue weighted by Gasteiger charge is -1.99. The molecule has 0 saturated carbocycles. The second kappa shape index (κ2) is 4.19. The highest BCUT2D eigenvalue weighted by atomic mass is 16.4. The fourth-order valence-electron chi connectivity index (χ4n) is 0.877. The minimum atomic E-state index is -0.999. The Labute approximate surface area is 81.0 Å². The molecule has 14 heavy (non-hydrogen) atoms. The van der Waals surface area contributed by atoms with Crippen LogP contribution in [-0.2, 0) is 4.79 Å². The zero-order chi connectivity index (χ0) is 10.6. The van der Waals surface area contributed by atoms with Crippen LogP contribution in [-0.4, -0.2) is 16.2 Å². The molecule has 4 heteroatoms. The van der Waals surface area contributed by atoms with Crippen molar-refractivity contribution in [1.29, 1.82) is 0 Å². The Kier molecular flexibility index (Phi) is 2.97. The van der Waals surface area contributed by atoms with Gasteiger partial charge < -0.3 is 15.9 Å². The number of phenolic OH excluding ortho intramolecular Hbond substituents is 1. The zero-order valence-corrected chi connectivity index (χ0v) is 7.32. The fourth-order valence-corrected chi connectivity index (χ4v) is 0.877. The van der Waals surface area contributed by atoms with Crippen molar-refractivity contribution in [2.75, 3.05) is 5.73 Å². The van der Waals surface area contributed by atoms with E-state index in [4.69, 9.17) is 10.8 Å². The van der Waals surface area contributed by atoms with Gasteiger partial charge in [-0.2, -0.15) is 0 Å². The summed E-state index contributed by atoms with van der Waals surface area (Å²) in [7, 11) is 0. The van der Waals surface area contributed by atoms with Crippen molar-refractivity contribution < 1.29 is 15.0 Å². The number of phenols is 1. The molecule has 0 fully saturated rings. The predicted molar refractivity (Wildman–Crippen MR) is 51.7 cm³/mol. The first-order valence-corrected chi connectivity index (χ1v) is 3.89. The lowest BCUT2D eigenvalue weighted by molar-refractivity contribution is -0.135. The monoisotopic (exact) mass is 191 g/mol. The van der Waals surface area contributed by atoms with Crippen LogP contribution in [0.25, 0.3) is 0 Å². The van der Waals surface area contributed by atoms with E-state index in [1.807, 2.05) is 0 Å². The lowest BCUT2D eigenvalue weighted by atomic mass is 10.2. The van der Waals surface area contributed by atoms with Crippen LogP contribution in [0.5, 0.6) is 5.75 Å². The van der Waals surface area contributed by atoms with E-state index in [2.05, 4.69) is 11.8 Å². The SMILES string of the molecule is Nc1cccc(C#CCC(=O)O)c1O. The molecule has 0 saturated heterocycles. The molecule has 0 aliphatic rings. The second-order valence-electron chi connectivity index (χ2n) is 2.62.